The van der Waals surface area contributed by atoms with Crippen molar-refractivity contribution in [2.24, 2.45) is 0 Å². The van der Waals surface area contributed by atoms with E-state index in [1.54, 1.807) is 12.1 Å². The molecular formula is C28H33N5O5. The van der Waals surface area contributed by atoms with Crippen molar-refractivity contribution in [3.05, 3.63) is 58.9 Å². The molecule has 1 aromatic heterocycles. The number of ether oxygens (including phenoxy) is 1. The number of nitrogens with one attached hydrogen (secondary N) is 1. The number of pyridine rings is 1. The van der Waals surface area contributed by atoms with Crippen LogP contribution in [0.3, 0.4) is 0 Å². The second kappa shape index (κ2) is 10.1. The van der Waals surface area contributed by atoms with E-state index in [2.05, 4.69) is 39.4 Å². The SMILES string of the molecule is O=C1CCC(N2Cc3nc(C4(O)CCN(Cc5ccc(N6CCOCC6)cc5)CC4)ccc3C2=O)C(=O)N1. The molecule has 6 rings (SSSR count). The van der Waals surface area contributed by atoms with E-state index in [0.717, 1.165) is 45.9 Å². The van der Waals surface area contributed by atoms with E-state index in [-0.39, 0.29) is 24.8 Å². The van der Waals surface area contributed by atoms with E-state index in [1.165, 1.54) is 16.2 Å². The lowest BCUT2D eigenvalue weighted by Crippen LogP contribution is -2.52. The number of carbonyl (C=O) groups excluding carboxylic acids is 3. The molecule has 1 atom stereocenters. The van der Waals surface area contributed by atoms with Gasteiger partial charge in [-0.25, -0.2) is 0 Å². The standard InChI is InChI=1S/C28H33N5O5/c34-25-8-6-23(26(35)30-25)33-18-22-21(27(33)36)5-7-24(29-22)28(37)9-11-31(12-10-28)17-19-1-3-20(4-2-19)32-13-15-38-16-14-32/h1-5,7,23,37H,6,8-18H2,(H,30,34,35). The number of imide groups is 1. The molecule has 2 aromatic rings. The fourth-order valence-electron chi connectivity index (χ4n) is 5.92. The molecule has 0 bridgehead atoms. The molecular weight excluding hydrogens is 486 g/mol. The molecule has 1 aromatic carbocycles. The Morgan fingerprint density at radius 2 is 1.74 bits per heavy atom. The van der Waals surface area contributed by atoms with Gasteiger partial charge in [-0.15, -0.1) is 0 Å². The molecule has 10 heteroatoms. The van der Waals surface area contributed by atoms with E-state index in [4.69, 9.17) is 9.72 Å². The Morgan fingerprint density at radius 3 is 2.45 bits per heavy atom. The molecule has 0 aliphatic carbocycles. The highest BCUT2D eigenvalue weighted by atomic mass is 16.5. The highest BCUT2D eigenvalue weighted by molar-refractivity contribution is 6.05. The summed E-state index contributed by atoms with van der Waals surface area (Å²) < 4.78 is 5.44. The summed E-state index contributed by atoms with van der Waals surface area (Å²) in [4.78, 5) is 47.7. The molecule has 38 heavy (non-hydrogen) atoms. The quantitative estimate of drug-likeness (QED) is 0.566. The van der Waals surface area contributed by atoms with Crippen LogP contribution in [0.15, 0.2) is 36.4 Å². The molecule has 3 saturated heterocycles. The van der Waals surface area contributed by atoms with Crippen LogP contribution in [0.2, 0.25) is 0 Å². The summed E-state index contributed by atoms with van der Waals surface area (Å²) >= 11 is 0. The van der Waals surface area contributed by atoms with Gasteiger partial charge in [0, 0.05) is 44.8 Å². The number of anilines is 1. The lowest BCUT2D eigenvalue weighted by Gasteiger charge is -2.38. The van der Waals surface area contributed by atoms with E-state index >= 15 is 0 Å². The second-order valence-corrected chi connectivity index (χ2v) is 10.7. The summed E-state index contributed by atoms with van der Waals surface area (Å²) in [7, 11) is 0. The van der Waals surface area contributed by atoms with E-state index in [9.17, 15) is 19.5 Å². The smallest absolute Gasteiger partial charge is 0.256 e. The third-order valence-electron chi connectivity index (χ3n) is 8.25. The zero-order chi connectivity index (χ0) is 26.3. The van der Waals surface area contributed by atoms with Crippen LogP contribution >= 0.6 is 0 Å². The maximum Gasteiger partial charge on any atom is 0.256 e. The normalized spacial score (nSPS) is 23.9. The largest absolute Gasteiger partial charge is 0.383 e. The molecule has 0 spiro atoms. The van der Waals surface area contributed by atoms with Gasteiger partial charge in [-0.3, -0.25) is 29.6 Å². The summed E-state index contributed by atoms with van der Waals surface area (Å²) in [5.41, 5.74) is 3.02. The first-order valence-corrected chi connectivity index (χ1v) is 13.4. The van der Waals surface area contributed by atoms with Crippen LogP contribution in [-0.2, 0) is 33.0 Å². The van der Waals surface area contributed by atoms with Crippen molar-refractivity contribution >= 4 is 23.4 Å². The van der Waals surface area contributed by atoms with Crippen LogP contribution in [0.1, 0.15) is 53.0 Å². The Morgan fingerprint density at radius 1 is 1.00 bits per heavy atom. The minimum absolute atomic E-state index is 0.205. The molecule has 0 saturated carbocycles. The van der Waals surface area contributed by atoms with Gasteiger partial charge in [-0.1, -0.05) is 12.1 Å². The van der Waals surface area contributed by atoms with Crippen LogP contribution in [0.4, 0.5) is 5.69 Å². The molecule has 1 unspecified atom stereocenters. The van der Waals surface area contributed by atoms with E-state index < -0.39 is 17.6 Å². The number of nitrogens with zero attached hydrogens (tertiary/aromatic N) is 4. The van der Waals surface area contributed by atoms with Gasteiger partial charge in [0.05, 0.1) is 36.7 Å². The molecule has 2 N–H and O–H groups in total. The van der Waals surface area contributed by atoms with Crippen LogP contribution in [0.25, 0.3) is 0 Å². The molecule has 5 heterocycles. The number of hydrogen-bond donors (Lipinski definition) is 2. The van der Waals surface area contributed by atoms with Crippen molar-refractivity contribution in [1.82, 2.24) is 20.1 Å². The average Bonchev–Trinajstić information content (AvgIpc) is 3.26. The van der Waals surface area contributed by atoms with Gasteiger partial charge in [0.1, 0.15) is 11.6 Å². The van der Waals surface area contributed by atoms with Gasteiger partial charge in [0.15, 0.2) is 0 Å². The van der Waals surface area contributed by atoms with Crippen molar-refractivity contribution in [3.63, 3.8) is 0 Å². The Bertz CT molecular complexity index is 1230. The first kappa shape index (κ1) is 25.0. The highest BCUT2D eigenvalue weighted by Crippen LogP contribution is 2.35. The van der Waals surface area contributed by atoms with Gasteiger partial charge in [-0.05, 0) is 49.1 Å². The van der Waals surface area contributed by atoms with Crippen molar-refractivity contribution in [1.29, 1.82) is 0 Å². The summed E-state index contributed by atoms with van der Waals surface area (Å²) in [6, 6.07) is 11.5. The third kappa shape index (κ3) is 4.79. The predicted octanol–water partition coefficient (Wildman–Crippen LogP) is 1.16. The summed E-state index contributed by atoms with van der Waals surface area (Å²) in [5.74, 6) is -1.01. The fourth-order valence-corrected chi connectivity index (χ4v) is 5.92. The van der Waals surface area contributed by atoms with Crippen LogP contribution < -0.4 is 10.2 Å². The van der Waals surface area contributed by atoms with E-state index in [0.29, 0.717) is 36.2 Å². The molecule has 10 nitrogen and oxygen atoms in total. The zero-order valence-electron chi connectivity index (χ0n) is 21.4. The summed E-state index contributed by atoms with van der Waals surface area (Å²) in [5, 5.41) is 13.8. The molecule has 4 aliphatic heterocycles. The number of likely N-dealkylation sites (tertiary alicyclic amines) is 1. The monoisotopic (exact) mass is 519 g/mol. The molecule has 3 fully saturated rings. The van der Waals surface area contributed by atoms with Crippen molar-refractivity contribution < 1.29 is 24.2 Å². The van der Waals surface area contributed by atoms with Crippen molar-refractivity contribution in [2.45, 2.75) is 50.4 Å². The van der Waals surface area contributed by atoms with Crippen molar-refractivity contribution in [2.75, 3.05) is 44.3 Å². The lowest BCUT2D eigenvalue weighted by molar-refractivity contribution is -0.136. The average molecular weight is 520 g/mol. The van der Waals surface area contributed by atoms with Gasteiger partial charge in [-0.2, -0.15) is 0 Å². The predicted molar refractivity (Wildman–Crippen MR) is 138 cm³/mol. The summed E-state index contributed by atoms with van der Waals surface area (Å²) in [6.45, 7) is 5.89. The highest BCUT2D eigenvalue weighted by Gasteiger charge is 2.41. The molecule has 3 amide bonds. The van der Waals surface area contributed by atoms with Gasteiger partial charge in [0.25, 0.3) is 5.91 Å². The maximum absolute atomic E-state index is 13.0. The lowest BCUT2D eigenvalue weighted by atomic mass is 9.87. The Hall–Kier alpha value is -3.34. The third-order valence-corrected chi connectivity index (χ3v) is 8.25. The Kier molecular flexibility index (Phi) is 6.63. The molecule has 0 radical (unpaired) electrons. The number of rotatable bonds is 5. The van der Waals surface area contributed by atoms with Crippen LogP contribution in [-0.4, -0.2) is 83.0 Å². The minimum Gasteiger partial charge on any atom is -0.383 e. The van der Waals surface area contributed by atoms with Gasteiger partial charge >= 0.3 is 0 Å². The fraction of sp³-hybridized carbons (Fsp3) is 0.500. The molecule has 200 valence electrons. The Balaban J connectivity index is 1.07. The number of benzene rings is 1. The number of fused-ring (bicyclic) bond motifs is 1. The number of aromatic nitrogens is 1. The number of piperidine rings is 2. The summed E-state index contributed by atoms with van der Waals surface area (Å²) in [6.07, 6.45) is 1.63. The number of carbonyl (C=O) groups is 3. The second-order valence-electron chi connectivity index (χ2n) is 10.7. The van der Waals surface area contributed by atoms with Gasteiger partial charge in [0.2, 0.25) is 11.8 Å². The van der Waals surface area contributed by atoms with Crippen LogP contribution in [0, 0.1) is 0 Å². The topological polar surface area (TPSA) is 115 Å². The maximum atomic E-state index is 13.0. The molecule has 4 aliphatic rings. The number of amides is 3. The van der Waals surface area contributed by atoms with Gasteiger partial charge < -0.3 is 19.6 Å². The first-order valence-electron chi connectivity index (χ1n) is 13.4. The minimum atomic E-state index is -1.06. The Labute approximate surface area is 221 Å². The van der Waals surface area contributed by atoms with Crippen molar-refractivity contribution in [3.8, 4) is 0 Å². The number of morpholine rings is 1. The first-order chi connectivity index (χ1) is 18.4. The van der Waals surface area contributed by atoms with Crippen LogP contribution in [0.5, 0.6) is 0 Å². The number of hydrogen-bond acceptors (Lipinski definition) is 8. The zero-order valence-corrected chi connectivity index (χ0v) is 21.4. The van der Waals surface area contributed by atoms with E-state index in [1.807, 2.05) is 0 Å². The number of aliphatic hydroxyl groups is 1.